The van der Waals surface area contributed by atoms with Gasteiger partial charge in [-0.2, -0.15) is 0 Å². The summed E-state index contributed by atoms with van der Waals surface area (Å²) < 4.78 is 5.21. The van der Waals surface area contributed by atoms with Gasteiger partial charge < -0.3 is 14.9 Å². The summed E-state index contributed by atoms with van der Waals surface area (Å²) in [7, 11) is 0. The molecule has 0 spiro atoms. The zero-order valence-corrected chi connectivity index (χ0v) is 16.2. The summed E-state index contributed by atoms with van der Waals surface area (Å²) in [5, 5.41) is 17.4. The first-order chi connectivity index (χ1) is 12.5. The van der Waals surface area contributed by atoms with Gasteiger partial charge in [0, 0.05) is 35.7 Å². The lowest BCUT2D eigenvalue weighted by molar-refractivity contribution is 0.0347. The lowest BCUT2D eigenvalue weighted by Crippen LogP contribution is -2.53. The maximum atomic E-state index is 12.4. The molecule has 2 atom stereocenters. The number of aryl methyl sites for hydroxylation is 2. The third-order valence-electron chi connectivity index (χ3n) is 4.90. The number of hydrogen-bond acceptors (Lipinski definition) is 6. The Morgan fingerprint density at radius 3 is 2.69 bits per heavy atom. The molecule has 7 heteroatoms. The van der Waals surface area contributed by atoms with Gasteiger partial charge >= 0.3 is 0 Å². The van der Waals surface area contributed by atoms with Crippen LogP contribution in [-0.4, -0.2) is 52.6 Å². The monoisotopic (exact) mass is 375 g/mol. The fourth-order valence-corrected chi connectivity index (χ4v) is 3.66. The highest BCUT2D eigenvalue weighted by molar-refractivity contribution is 7.98. The van der Waals surface area contributed by atoms with Crippen LogP contribution in [0.15, 0.2) is 33.7 Å². The standard InChI is InChI=1S/C19H25N3O3S/c1-12-16(13(2)25-21-12)10-22-9-8-17(18(23)11-22)20-19(24)14-4-6-15(26-3)7-5-14/h4-7,17-18,23H,8-11H2,1-3H3,(H,20,24)/t17-,18-/m1/s1. The van der Waals surface area contributed by atoms with Gasteiger partial charge in [0.05, 0.1) is 17.8 Å². The van der Waals surface area contributed by atoms with Crippen LogP contribution in [-0.2, 0) is 6.54 Å². The molecule has 0 radical (unpaired) electrons. The Balaban J connectivity index is 1.56. The molecule has 140 valence electrons. The molecular formula is C19H25N3O3S. The van der Waals surface area contributed by atoms with Crippen molar-refractivity contribution < 1.29 is 14.4 Å². The fourth-order valence-electron chi connectivity index (χ4n) is 3.25. The predicted octanol–water partition coefficient (Wildman–Crippen LogP) is 2.38. The lowest BCUT2D eigenvalue weighted by Gasteiger charge is -2.36. The Bertz CT molecular complexity index is 740. The number of aliphatic hydroxyl groups is 1. The minimum absolute atomic E-state index is 0.138. The Morgan fingerprint density at radius 2 is 2.12 bits per heavy atom. The van der Waals surface area contributed by atoms with Gasteiger partial charge in [0.1, 0.15) is 5.76 Å². The molecule has 0 unspecified atom stereocenters. The molecule has 1 aliphatic rings. The number of piperidine rings is 1. The van der Waals surface area contributed by atoms with E-state index in [1.165, 1.54) is 0 Å². The molecule has 0 aliphatic carbocycles. The third kappa shape index (κ3) is 4.28. The number of nitrogens with zero attached hydrogens (tertiary/aromatic N) is 2. The van der Waals surface area contributed by atoms with Gasteiger partial charge in [-0.05, 0) is 50.8 Å². The number of thioether (sulfide) groups is 1. The lowest BCUT2D eigenvalue weighted by atomic mass is 10.0. The highest BCUT2D eigenvalue weighted by Gasteiger charge is 2.30. The van der Waals surface area contributed by atoms with E-state index in [0.29, 0.717) is 25.1 Å². The van der Waals surface area contributed by atoms with Crippen LogP contribution in [0, 0.1) is 13.8 Å². The minimum atomic E-state index is -0.598. The van der Waals surface area contributed by atoms with Gasteiger partial charge in [0.2, 0.25) is 0 Å². The number of carbonyl (C=O) groups excluding carboxylic acids is 1. The number of aromatic nitrogens is 1. The first-order valence-electron chi connectivity index (χ1n) is 8.75. The van der Waals surface area contributed by atoms with Crippen molar-refractivity contribution in [1.29, 1.82) is 0 Å². The van der Waals surface area contributed by atoms with E-state index in [4.69, 9.17) is 4.52 Å². The molecule has 2 heterocycles. The van der Waals surface area contributed by atoms with E-state index in [0.717, 1.165) is 28.5 Å². The van der Waals surface area contributed by atoms with Crippen molar-refractivity contribution in [2.24, 2.45) is 0 Å². The Kier molecular flexibility index (Phi) is 6.01. The molecular weight excluding hydrogens is 350 g/mol. The van der Waals surface area contributed by atoms with Crippen LogP contribution in [0.4, 0.5) is 0 Å². The van der Waals surface area contributed by atoms with E-state index in [1.54, 1.807) is 11.8 Å². The van der Waals surface area contributed by atoms with Crippen molar-refractivity contribution in [3.63, 3.8) is 0 Å². The van der Waals surface area contributed by atoms with E-state index >= 15 is 0 Å². The predicted molar refractivity (Wildman–Crippen MR) is 101 cm³/mol. The molecule has 1 aromatic heterocycles. The number of amides is 1. The van der Waals surface area contributed by atoms with Crippen LogP contribution in [0.1, 0.15) is 33.8 Å². The normalized spacial score (nSPS) is 20.9. The smallest absolute Gasteiger partial charge is 0.251 e. The molecule has 2 N–H and O–H groups in total. The highest BCUT2D eigenvalue weighted by atomic mass is 32.2. The summed E-state index contributed by atoms with van der Waals surface area (Å²) in [6.45, 7) is 5.85. The van der Waals surface area contributed by atoms with Gasteiger partial charge in [-0.15, -0.1) is 11.8 Å². The molecule has 6 nitrogen and oxygen atoms in total. The summed E-state index contributed by atoms with van der Waals surface area (Å²) in [6.07, 6.45) is 2.11. The minimum Gasteiger partial charge on any atom is -0.390 e. The Hall–Kier alpha value is -1.83. The average Bonchev–Trinajstić information content (AvgIpc) is 2.96. The quantitative estimate of drug-likeness (QED) is 0.781. The van der Waals surface area contributed by atoms with Crippen molar-refractivity contribution in [3.05, 3.63) is 46.8 Å². The van der Waals surface area contributed by atoms with Crippen LogP contribution in [0.5, 0.6) is 0 Å². The first-order valence-corrected chi connectivity index (χ1v) is 9.97. The topological polar surface area (TPSA) is 78.6 Å². The molecule has 26 heavy (non-hydrogen) atoms. The van der Waals surface area contributed by atoms with E-state index in [1.807, 2.05) is 44.4 Å². The number of aliphatic hydroxyl groups excluding tert-OH is 1. The fraction of sp³-hybridized carbons (Fsp3) is 0.474. The molecule has 2 aromatic rings. The van der Waals surface area contributed by atoms with Crippen LogP contribution in [0.3, 0.4) is 0 Å². The first kappa shape index (κ1) is 18.9. The average molecular weight is 375 g/mol. The van der Waals surface area contributed by atoms with Gasteiger partial charge in [-0.1, -0.05) is 5.16 Å². The summed E-state index contributed by atoms with van der Waals surface area (Å²) in [4.78, 5) is 15.7. The molecule has 0 saturated carbocycles. The van der Waals surface area contributed by atoms with Crippen molar-refractivity contribution in [2.75, 3.05) is 19.3 Å². The van der Waals surface area contributed by atoms with Gasteiger partial charge in [0.25, 0.3) is 5.91 Å². The number of hydrogen-bond donors (Lipinski definition) is 2. The molecule has 1 fully saturated rings. The molecule has 1 aliphatic heterocycles. The van der Waals surface area contributed by atoms with Crippen molar-refractivity contribution in [2.45, 2.75) is 43.9 Å². The molecule has 1 aromatic carbocycles. The van der Waals surface area contributed by atoms with Crippen LogP contribution < -0.4 is 5.32 Å². The SMILES string of the molecule is CSc1ccc(C(=O)N[C@@H]2CCN(Cc3c(C)noc3C)C[C@H]2O)cc1. The van der Waals surface area contributed by atoms with Crippen LogP contribution in [0.25, 0.3) is 0 Å². The Labute approximate surface area is 157 Å². The van der Waals surface area contributed by atoms with E-state index < -0.39 is 6.10 Å². The largest absolute Gasteiger partial charge is 0.390 e. The van der Waals surface area contributed by atoms with E-state index in [9.17, 15) is 9.90 Å². The van der Waals surface area contributed by atoms with Gasteiger partial charge in [-0.25, -0.2) is 0 Å². The molecule has 3 rings (SSSR count). The number of β-amino-alcohol motifs (C(OH)–C–C–N with tert-alkyl or cyclic N) is 1. The molecule has 1 amide bonds. The second kappa shape index (κ2) is 8.24. The van der Waals surface area contributed by atoms with E-state index in [2.05, 4.69) is 15.4 Å². The molecule has 0 bridgehead atoms. The zero-order chi connectivity index (χ0) is 18.7. The third-order valence-corrected chi connectivity index (χ3v) is 5.64. The number of nitrogens with one attached hydrogen (secondary N) is 1. The number of rotatable bonds is 5. The van der Waals surface area contributed by atoms with Crippen molar-refractivity contribution >= 4 is 17.7 Å². The Morgan fingerprint density at radius 1 is 1.38 bits per heavy atom. The maximum Gasteiger partial charge on any atom is 0.251 e. The second-order valence-electron chi connectivity index (χ2n) is 6.70. The van der Waals surface area contributed by atoms with E-state index in [-0.39, 0.29) is 11.9 Å². The zero-order valence-electron chi connectivity index (χ0n) is 15.4. The summed E-state index contributed by atoms with van der Waals surface area (Å²) >= 11 is 1.64. The second-order valence-corrected chi connectivity index (χ2v) is 7.58. The number of carbonyl (C=O) groups is 1. The van der Waals surface area contributed by atoms with Crippen molar-refractivity contribution in [3.8, 4) is 0 Å². The summed E-state index contributed by atoms with van der Waals surface area (Å²) in [5.41, 5.74) is 2.59. The summed E-state index contributed by atoms with van der Waals surface area (Å²) in [6, 6.07) is 7.27. The van der Waals surface area contributed by atoms with Gasteiger partial charge in [-0.3, -0.25) is 9.69 Å². The highest BCUT2D eigenvalue weighted by Crippen LogP contribution is 2.20. The maximum absolute atomic E-state index is 12.4. The van der Waals surface area contributed by atoms with Crippen LogP contribution >= 0.6 is 11.8 Å². The van der Waals surface area contributed by atoms with Gasteiger partial charge in [0.15, 0.2) is 0 Å². The number of likely N-dealkylation sites (tertiary alicyclic amines) is 1. The van der Waals surface area contributed by atoms with Crippen LogP contribution in [0.2, 0.25) is 0 Å². The summed E-state index contributed by atoms with van der Waals surface area (Å²) in [5.74, 6) is 0.682. The van der Waals surface area contributed by atoms with Crippen molar-refractivity contribution in [1.82, 2.24) is 15.4 Å². The number of benzene rings is 1. The molecule has 1 saturated heterocycles.